The normalized spacial score (nSPS) is 10.9. The first-order valence-corrected chi connectivity index (χ1v) is 4.95. The third-order valence-electron chi connectivity index (χ3n) is 2.13. The van der Waals surface area contributed by atoms with Crippen LogP contribution < -0.4 is 5.56 Å². The van der Waals surface area contributed by atoms with Crippen LogP contribution in [0, 0.1) is 11.7 Å². The van der Waals surface area contributed by atoms with E-state index in [-0.39, 0.29) is 11.4 Å². The monoisotopic (exact) mass is 197 g/mol. The van der Waals surface area contributed by atoms with Crippen LogP contribution in [0.4, 0.5) is 4.39 Å². The lowest BCUT2D eigenvalue weighted by Crippen LogP contribution is -2.19. The van der Waals surface area contributed by atoms with Crippen molar-refractivity contribution in [3.05, 3.63) is 34.5 Å². The second-order valence-electron chi connectivity index (χ2n) is 3.92. The molecule has 0 spiro atoms. The number of aromatic nitrogens is 1. The fourth-order valence-corrected chi connectivity index (χ4v) is 1.35. The van der Waals surface area contributed by atoms with Crippen molar-refractivity contribution in [1.29, 1.82) is 0 Å². The lowest BCUT2D eigenvalue weighted by atomic mass is 10.1. The molecule has 0 aromatic carbocycles. The molecule has 0 bridgehead atoms. The fourth-order valence-electron chi connectivity index (χ4n) is 1.35. The first kappa shape index (κ1) is 11.0. The first-order chi connectivity index (χ1) is 6.59. The summed E-state index contributed by atoms with van der Waals surface area (Å²) in [5.74, 6) is 0.272. The Kier molecular flexibility index (Phi) is 3.86. The van der Waals surface area contributed by atoms with Crippen molar-refractivity contribution in [1.82, 2.24) is 4.57 Å². The summed E-state index contributed by atoms with van der Waals surface area (Å²) in [6, 6.07) is 2.46. The van der Waals surface area contributed by atoms with Crippen molar-refractivity contribution in [2.75, 3.05) is 0 Å². The minimum Gasteiger partial charge on any atom is -0.313 e. The molecule has 0 aliphatic heterocycles. The van der Waals surface area contributed by atoms with Gasteiger partial charge < -0.3 is 4.57 Å². The second-order valence-corrected chi connectivity index (χ2v) is 3.92. The third kappa shape index (κ3) is 3.32. The molecule has 3 heteroatoms. The lowest BCUT2D eigenvalue weighted by Gasteiger charge is -2.06. The SMILES string of the molecule is CC(C)CCCn1cc(F)ccc1=O. The van der Waals surface area contributed by atoms with Crippen molar-refractivity contribution in [3.63, 3.8) is 0 Å². The van der Waals surface area contributed by atoms with Gasteiger partial charge in [-0.05, 0) is 24.8 Å². The summed E-state index contributed by atoms with van der Waals surface area (Å²) in [6.45, 7) is 4.87. The Morgan fingerprint density at radius 1 is 1.43 bits per heavy atom. The third-order valence-corrected chi connectivity index (χ3v) is 2.13. The van der Waals surface area contributed by atoms with E-state index in [1.165, 1.54) is 22.9 Å². The van der Waals surface area contributed by atoms with E-state index >= 15 is 0 Å². The Labute approximate surface area is 83.4 Å². The second kappa shape index (κ2) is 4.94. The van der Waals surface area contributed by atoms with Crippen LogP contribution in [-0.2, 0) is 6.54 Å². The smallest absolute Gasteiger partial charge is 0.250 e. The molecule has 0 saturated carbocycles. The zero-order chi connectivity index (χ0) is 10.6. The van der Waals surface area contributed by atoms with Crippen LogP contribution in [0.3, 0.4) is 0 Å². The van der Waals surface area contributed by atoms with Crippen molar-refractivity contribution in [2.45, 2.75) is 33.2 Å². The zero-order valence-corrected chi connectivity index (χ0v) is 8.66. The van der Waals surface area contributed by atoms with Gasteiger partial charge in [0.1, 0.15) is 5.82 Å². The molecule has 0 fully saturated rings. The maximum atomic E-state index is 12.8. The van der Waals surface area contributed by atoms with Crippen LogP contribution in [0.1, 0.15) is 26.7 Å². The Balaban J connectivity index is 2.58. The van der Waals surface area contributed by atoms with E-state index in [9.17, 15) is 9.18 Å². The first-order valence-electron chi connectivity index (χ1n) is 4.95. The van der Waals surface area contributed by atoms with Crippen LogP contribution in [0.5, 0.6) is 0 Å². The van der Waals surface area contributed by atoms with Crippen molar-refractivity contribution in [3.8, 4) is 0 Å². The molecule has 0 N–H and O–H groups in total. The number of halogens is 1. The molecule has 0 radical (unpaired) electrons. The molecule has 0 unspecified atom stereocenters. The van der Waals surface area contributed by atoms with Gasteiger partial charge in [0.25, 0.3) is 5.56 Å². The summed E-state index contributed by atoms with van der Waals surface area (Å²) >= 11 is 0. The molecule has 1 aromatic rings. The minimum absolute atomic E-state index is 0.129. The predicted molar refractivity (Wildman–Crippen MR) is 54.7 cm³/mol. The van der Waals surface area contributed by atoms with Gasteiger partial charge in [-0.2, -0.15) is 0 Å². The standard InChI is InChI=1S/C11H16FNO/c1-9(2)4-3-7-13-8-10(12)5-6-11(13)14/h5-6,8-9H,3-4,7H2,1-2H3. The van der Waals surface area contributed by atoms with Gasteiger partial charge in [0.05, 0.1) is 0 Å². The quantitative estimate of drug-likeness (QED) is 0.726. The van der Waals surface area contributed by atoms with E-state index in [4.69, 9.17) is 0 Å². The Morgan fingerprint density at radius 2 is 2.14 bits per heavy atom. The molecule has 1 rings (SSSR count). The summed E-state index contributed by atoms with van der Waals surface area (Å²) < 4.78 is 14.2. The average Bonchev–Trinajstić information content (AvgIpc) is 2.10. The zero-order valence-electron chi connectivity index (χ0n) is 8.66. The van der Waals surface area contributed by atoms with E-state index in [1.807, 2.05) is 0 Å². The highest BCUT2D eigenvalue weighted by atomic mass is 19.1. The topological polar surface area (TPSA) is 22.0 Å². The van der Waals surface area contributed by atoms with Gasteiger partial charge in [-0.1, -0.05) is 13.8 Å². The summed E-state index contributed by atoms with van der Waals surface area (Å²) in [6.07, 6.45) is 3.24. The van der Waals surface area contributed by atoms with Gasteiger partial charge in [0.15, 0.2) is 0 Å². The molecular formula is C11H16FNO. The van der Waals surface area contributed by atoms with Gasteiger partial charge in [-0.25, -0.2) is 4.39 Å². The number of aryl methyl sites for hydroxylation is 1. The van der Waals surface area contributed by atoms with E-state index in [1.54, 1.807) is 0 Å². The molecule has 0 atom stereocenters. The van der Waals surface area contributed by atoms with E-state index in [0.717, 1.165) is 12.8 Å². The largest absolute Gasteiger partial charge is 0.313 e. The number of rotatable bonds is 4. The van der Waals surface area contributed by atoms with E-state index in [2.05, 4.69) is 13.8 Å². The van der Waals surface area contributed by atoms with Crippen molar-refractivity contribution >= 4 is 0 Å². The minimum atomic E-state index is -0.353. The summed E-state index contributed by atoms with van der Waals surface area (Å²) in [7, 11) is 0. The molecule has 0 saturated heterocycles. The molecule has 2 nitrogen and oxygen atoms in total. The number of nitrogens with zero attached hydrogens (tertiary/aromatic N) is 1. The van der Waals surface area contributed by atoms with Crippen LogP contribution in [0.25, 0.3) is 0 Å². The van der Waals surface area contributed by atoms with Crippen LogP contribution in [0.15, 0.2) is 23.1 Å². The van der Waals surface area contributed by atoms with Crippen LogP contribution in [-0.4, -0.2) is 4.57 Å². The van der Waals surface area contributed by atoms with Crippen LogP contribution in [0.2, 0.25) is 0 Å². The van der Waals surface area contributed by atoms with Crippen molar-refractivity contribution in [2.24, 2.45) is 5.92 Å². The molecular weight excluding hydrogens is 181 g/mol. The summed E-state index contributed by atoms with van der Waals surface area (Å²) in [4.78, 5) is 11.2. The summed E-state index contributed by atoms with van der Waals surface area (Å²) in [5.41, 5.74) is -0.129. The van der Waals surface area contributed by atoms with Gasteiger partial charge in [-0.15, -0.1) is 0 Å². The highest BCUT2D eigenvalue weighted by Crippen LogP contribution is 2.04. The molecule has 0 amide bonds. The lowest BCUT2D eigenvalue weighted by molar-refractivity contribution is 0.496. The van der Waals surface area contributed by atoms with Crippen LogP contribution >= 0.6 is 0 Å². The Hall–Kier alpha value is -1.12. The van der Waals surface area contributed by atoms with Gasteiger partial charge in [0, 0.05) is 18.8 Å². The number of hydrogen-bond acceptors (Lipinski definition) is 1. The molecule has 14 heavy (non-hydrogen) atoms. The maximum Gasteiger partial charge on any atom is 0.250 e. The Bertz CT molecular complexity index is 343. The highest BCUT2D eigenvalue weighted by Gasteiger charge is 1.99. The predicted octanol–water partition coefficient (Wildman–Crippen LogP) is 2.42. The molecule has 0 aliphatic rings. The van der Waals surface area contributed by atoms with Gasteiger partial charge in [-0.3, -0.25) is 4.79 Å². The van der Waals surface area contributed by atoms with Gasteiger partial charge >= 0.3 is 0 Å². The molecule has 1 aromatic heterocycles. The van der Waals surface area contributed by atoms with E-state index < -0.39 is 0 Å². The molecule has 0 aliphatic carbocycles. The van der Waals surface area contributed by atoms with Crippen molar-refractivity contribution < 1.29 is 4.39 Å². The van der Waals surface area contributed by atoms with E-state index in [0.29, 0.717) is 12.5 Å². The molecule has 78 valence electrons. The maximum absolute atomic E-state index is 12.8. The number of hydrogen-bond donors (Lipinski definition) is 0. The number of pyridine rings is 1. The Morgan fingerprint density at radius 3 is 2.79 bits per heavy atom. The molecule has 1 heterocycles. The van der Waals surface area contributed by atoms with Gasteiger partial charge in [0.2, 0.25) is 0 Å². The average molecular weight is 197 g/mol. The fraction of sp³-hybridized carbons (Fsp3) is 0.545. The summed E-state index contributed by atoms with van der Waals surface area (Å²) in [5, 5.41) is 0. The highest BCUT2D eigenvalue weighted by molar-refractivity contribution is 4.96.